The lowest BCUT2D eigenvalue weighted by atomic mass is 10.1. The third-order valence-electron chi connectivity index (χ3n) is 4.61. The van der Waals surface area contributed by atoms with Crippen molar-refractivity contribution in [2.24, 2.45) is 0 Å². The van der Waals surface area contributed by atoms with Crippen LogP contribution in [0, 0.1) is 0 Å². The minimum atomic E-state index is -0.0163. The highest BCUT2D eigenvalue weighted by Gasteiger charge is 2.08. The van der Waals surface area contributed by atoms with Crippen LogP contribution in [0.3, 0.4) is 0 Å². The summed E-state index contributed by atoms with van der Waals surface area (Å²) in [5, 5.41) is 4.13. The third kappa shape index (κ3) is 4.97. The predicted octanol–water partition coefficient (Wildman–Crippen LogP) is 3.89. The molecule has 1 amide bonds. The molecule has 0 aliphatic rings. The molecule has 0 radical (unpaired) electrons. The quantitative estimate of drug-likeness (QED) is 0.566. The highest BCUT2D eigenvalue weighted by atomic mass is 16.5. The van der Waals surface area contributed by atoms with Gasteiger partial charge in [-0.2, -0.15) is 0 Å². The topological polar surface area (TPSA) is 71.2 Å². The van der Waals surface area contributed by atoms with Gasteiger partial charge in [-0.15, -0.1) is 0 Å². The number of amides is 1. The van der Waals surface area contributed by atoms with Crippen LogP contribution in [0.4, 0.5) is 0 Å². The zero-order valence-electron chi connectivity index (χ0n) is 15.5. The zero-order valence-corrected chi connectivity index (χ0v) is 15.5. The second-order valence-corrected chi connectivity index (χ2v) is 6.46. The first-order valence-corrected chi connectivity index (χ1v) is 9.16. The summed E-state index contributed by atoms with van der Waals surface area (Å²) in [4.78, 5) is 27.4. The highest BCUT2D eigenvalue weighted by molar-refractivity contribution is 5.96. The monoisotopic (exact) mass is 364 g/mol. The molecule has 2 N–H and O–H groups in total. The Bertz CT molecular complexity index is 913. The van der Waals surface area contributed by atoms with E-state index in [9.17, 15) is 9.59 Å². The van der Waals surface area contributed by atoms with Gasteiger partial charge in [0, 0.05) is 42.0 Å². The second-order valence-electron chi connectivity index (χ2n) is 6.46. The average molecular weight is 364 g/mol. The maximum absolute atomic E-state index is 12.1. The van der Waals surface area contributed by atoms with E-state index in [-0.39, 0.29) is 11.7 Å². The van der Waals surface area contributed by atoms with E-state index in [0.717, 1.165) is 17.7 Å². The van der Waals surface area contributed by atoms with Gasteiger partial charge < -0.3 is 15.0 Å². The predicted molar refractivity (Wildman–Crippen MR) is 106 cm³/mol. The Morgan fingerprint density at radius 3 is 2.59 bits per heavy atom. The molecule has 0 aliphatic carbocycles. The molecule has 3 rings (SSSR count). The lowest BCUT2D eigenvalue weighted by Crippen LogP contribution is -2.25. The molecule has 0 atom stereocenters. The van der Waals surface area contributed by atoms with Crippen LogP contribution in [-0.2, 0) is 11.2 Å². The summed E-state index contributed by atoms with van der Waals surface area (Å²) in [6.45, 7) is 0.590. The molecule has 0 spiro atoms. The van der Waals surface area contributed by atoms with Crippen molar-refractivity contribution >= 4 is 22.6 Å². The van der Waals surface area contributed by atoms with Gasteiger partial charge in [-0.05, 0) is 48.7 Å². The van der Waals surface area contributed by atoms with Crippen molar-refractivity contribution in [2.75, 3.05) is 13.7 Å². The zero-order chi connectivity index (χ0) is 19.1. The van der Waals surface area contributed by atoms with Crippen molar-refractivity contribution in [1.29, 1.82) is 0 Å². The van der Waals surface area contributed by atoms with Crippen LogP contribution in [-0.4, -0.2) is 30.3 Å². The number of ketones is 1. The van der Waals surface area contributed by atoms with Crippen LogP contribution < -0.4 is 10.1 Å². The van der Waals surface area contributed by atoms with Crippen LogP contribution in [0.1, 0.15) is 35.2 Å². The van der Waals surface area contributed by atoms with Crippen LogP contribution >= 0.6 is 0 Å². The Morgan fingerprint density at radius 2 is 1.81 bits per heavy atom. The summed E-state index contributed by atoms with van der Waals surface area (Å²) in [6.07, 6.45) is 4.03. The number of fused-ring (bicyclic) bond motifs is 1. The molecule has 1 heterocycles. The molecular formula is C22H24N2O3. The third-order valence-corrected chi connectivity index (χ3v) is 4.61. The molecule has 0 saturated heterocycles. The minimum Gasteiger partial charge on any atom is -0.497 e. The summed E-state index contributed by atoms with van der Waals surface area (Å²) in [5.74, 6) is 0.753. The number of nitrogens with one attached hydrogen (secondary N) is 2. The summed E-state index contributed by atoms with van der Waals surface area (Å²) < 4.78 is 5.08. The number of Topliss-reactive ketones (excluding diaryl/α,β-unsaturated/α-hetero) is 1. The number of aromatic nitrogens is 1. The number of benzene rings is 2. The Hall–Kier alpha value is -3.08. The fourth-order valence-corrected chi connectivity index (χ4v) is 3.09. The van der Waals surface area contributed by atoms with Crippen molar-refractivity contribution in [2.45, 2.75) is 25.7 Å². The SMILES string of the molecule is COc1ccc(C(=O)CCCC(=O)NCCc2c[nH]c3ccccc23)cc1. The summed E-state index contributed by atoms with van der Waals surface area (Å²) in [5.41, 5.74) is 2.95. The number of ether oxygens (including phenoxy) is 1. The fraction of sp³-hybridized carbons (Fsp3) is 0.273. The molecule has 3 aromatic rings. The summed E-state index contributed by atoms with van der Waals surface area (Å²) in [7, 11) is 1.59. The lowest BCUT2D eigenvalue weighted by Gasteiger charge is -2.05. The standard InChI is InChI=1S/C22H24N2O3/c1-27-18-11-9-16(10-12-18)21(25)7-4-8-22(26)23-14-13-17-15-24-20-6-3-2-5-19(17)20/h2-3,5-6,9-12,15,24H,4,7-8,13-14H2,1H3,(H,23,26). The van der Waals surface area contributed by atoms with E-state index < -0.39 is 0 Å². The largest absolute Gasteiger partial charge is 0.497 e. The summed E-state index contributed by atoms with van der Waals surface area (Å²) >= 11 is 0. The minimum absolute atomic E-state index is 0.0163. The van der Waals surface area contributed by atoms with E-state index in [4.69, 9.17) is 4.74 Å². The number of methoxy groups -OCH3 is 1. The van der Waals surface area contributed by atoms with Gasteiger partial charge in [0.05, 0.1) is 7.11 Å². The fourth-order valence-electron chi connectivity index (χ4n) is 3.09. The lowest BCUT2D eigenvalue weighted by molar-refractivity contribution is -0.121. The summed E-state index contributed by atoms with van der Waals surface area (Å²) in [6, 6.07) is 15.2. The first-order valence-electron chi connectivity index (χ1n) is 9.16. The number of H-pyrrole nitrogens is 1. The number of para-hydroxylation sites is 1. The average Bonchev–Trinajstić information content (AvgIpc) is 3.11. The molecule has 0 fully saturated rings. The molecule has 0 saturated carbocycles. The molecular weight excluding hydrogens is 340 g/mol. The van der Waals surface area contributed by atoms with Gasteiger partial charge in [0.25, 0.3) is 0 Å². The maximum atomic E-state index is 12.1. The number of hydrogen-bond donors (Lipinski definition) is 2. The van der Waals surface area contributed by atoms with Crippen molar-refractivity contribution in [3.05, 3.63) is 65.9 Å². The van der Waals surface area contributed by atoms with Gasteiger partial charge in [0.15, 0.2) is 5.78 Å². The second kappa shape index (κ2) is 9.03. The van der Waals surface area contributed by atoms with Crippen molar-refractivity contribution < 1.29 is 14.3 Å². The van der Waals surface area contributed by atoms with E-state index in [1.54, 1.807) is 31.4 Å². The molecule has 0 unspecified atom stereocenters. The molecule has 27 heavy (non-hydrogen) atoms. The molecule has 1 aromatic heterocycles. The Kier molecular flexibility index (Phi) is 6.26. The molecule has 0 aliphatic heterocycles. The molecule has 5 heteroatoms. The first-order chi connectivity index (χ1) is 13.2. The van der Waals surface area contributed by atoms with Crippen LogP contribution in [0.25, 0.3) is 10.9 Å². The number of aromatic amines is 1. The Labute approximate surface area is 158 Å². The van der Waals surface area contributed by atoms with E-state index in [1.807, 2.05) is 24.4 Å². The van der Waals surface area contributed by atoms with Gasteiger partial charge in [0.2, 0.25) is 5.91 Å². The van der Waals surface area contributed by atoms with Gasteiger partial charge in [-0.25, -0.2) is 0 Å². The number of carbonyl (C=O) groups excluding carboxylic acids is 2. The van der Waals surface area contributed by atoms with E-state index >= 15 is 0 Å². The Balaban J connectivity index is 1.37. The Morgan fingerprint density at radius 1 is 1.04 bits per heavy atom. The number of rotatable bonds is 9. The van der Waals surface area contributed by atoms with Gasteiger partial charge in [-0.3, -0.25) is 9.59 Å². The van der Waals surface area contributed by atoms with Crippen LogP contribution in [0.2, 0.25) is 0 Å². The number of hydrogen-bond acceptors (Lipinski definition) is 3. The van der Waals surface area contributed by atoms with Crippen molar-refractivity contribution in [1.82, 2.24) is 10.3 Å². The molecule has 0 bridgehead atoms. The van der Waals surface area contributed by atoms with E-state index in [1.165, 1.54) is 10.9 Å². The van der Waals surface area contributed by atoms with Gasteiger partial charge in [-0.1, -0.05) is 18.2 Å². The van der Waals surface area contributed by atoms with Crippen LogP contribution in [0.15, 0.2) is 54.7 Å². The van der Waals surface area contributed by atoms with Crippen LogP contribution in [0.5, 0.6) is 5.75 Å². The van der Waals surface area contributed by atoms with Gasteiger partial charge in [0.1, 0.15) is 5.75 Å². The van der Waals surface area contributed by atoms with Gasteiger partial charge >= 0.3 is 0 Å². The van der Waals surface area contributed by atoms with E-state index in [2.05, 4.69) is 16.4 Å². The maximum Gasteiger partial charge on any atom is 0.220 e. The normalized spacial score (nSPS) is 10.7. The number of carbonyl (C=O) groups is 2. The smallest absolute Gasteiger partial charge is 0.220 e. The molecule has 5 nitrogen and oxygen atoms in total. The van der Waals surface area contributed by atoms with Crippen molar-refractivity contribution in [3.8, 4) is 5.75 Å². The first kappa shape index (κ1) is 18.7. The molecule has 140 valence electrons. The van der Waals surface area contributed by atoms with Crippen molar-refractivity contribution in [3.63, 3.8) is 0 Å². The molecule has 2 aromatic carbocycles. The highest BCUT2D eigenvalue weighted by Crippen LogP contribution is 2.17. The van der Waals surface area contributed by atoms with E-state index in [0.29, 0.717) is 31.4 Å².